The molecular weight excluding hydrogens is 263 g/mol. The van der Waals surface area contributed by atoms with Crippen molar-refractivity contribution in [3.8, 4) is 11.5 Å². The molecule has 6 heteroatoms. The van der Waals surface area contributed by atoms with Crippen LogP contribution in [0.25, 0.3) is 0 Å². The Labute approximate surface area is 113 Å². The highest BCUT2D eigenvalue weighted by atomic mass is 35.5. The molecule has 0 spiro atoms. The van der Waals surface area contributed by atoms with Crippen molar-refractivity contribution in [3.63, 3.8) is 0 Å². The first-order valence-corrected chi connectivity index (χ1v) is 5.27. The van der Waals surface area contributed by atoms with E-state index < -0.39 is 0 Å². The van der Waals surface area contributed by atoms with E-state index in [1.54, 1.807) is 0 Å². The summed E-state index contributed by atoms with van der Waals surface area (Å²) >= 11 is 0. The molecule has 0 bridgehead atoms. The fourth-order valence-corrected chi connectivity index (χ4v) is 2.02. The molecule has 2 heterocycles. The Bertz CT molecular complexity index is 370. The molecule has 2 N–H and O–H groups in total. The van der Waals surface area contributed by atoms with Gasteiger partial charge in [-0.15, -0.1) is 24.8 Å². The van der Waals surface area contributed by atoms with Crippen LogP contribution in [0.5, 0.6) is 11.5 Å². The lowest BCUT2D eigenvalue weighted by atomic mass is 10.0. The Morgan fingerprint density at radius 2 is 1.88 bits per heavy atom. The zero-order valence-electron chi connectivity index (χ0n) is 9.27. The van der Waals surface area contributed by atoms with Gasteiger partial charge in [0.15, 0.2) is 11.5 Å². The third-order valence-corrected chi connectivity index (χ3v) is 2.84. The van der Waals surface area contributed by atoms with Gasteiger partial charge in [-0.2, -0.15) is 0 Å². The summed E-state index contributed by atoms with van der Waals surface area (Å²) in [6.07, 6.45) is 0. The van der Waals surface area contributed by atoms with Gasteiger partial charge in [0.05, 0.1) is 0 Å². The number of piperazine rings is 1. The highest BCUT2D eigenvalue weighted by Gasteiger charge is 2.18. The van der Waals surface area contributed by atoms with Crippen LogP contribution in [0.1, 0.15) is 11.6 Å². The third-order valence-electron chi connectivity index (χ3n) is 2.84. The molecule has 0 radical (unpaired) electrons. The summed E-state index contributed by atoms with van der Waals surface area (Å²) < 4.78 is 10.6. The second-order valence-corrected chi connectivity index (χ2v) is 3.82. The van der Waals surface area contributed by atoms with Gasteiger partial charge in [0.25, 0.3) is 0 Å². The lowest BCUT2D eigenvalue weighted by molar-refractivity contribution is 0.174. The molecule has 0 saturated carbocycles. The maximum atomic E-state index is 5.36. The van der Waals surface area contributed by atoms with Crippen molar-refractivity contribution in [3.05, 3.63) is 23.8 Å². The van der Waals surface area contributed by atoms with Gasteiger partial charge in [0.2, 0.25) is 6.79 Å². The van der Waals surface area contributed by atoms with Gasteiger partial charge in [-0.1, -0.05) is 6.07 Å². The Balaban J connectivity index is 0.000000722. The van der Waals surface area contributed by atoms with Crippen LogP contribution >= 0.6 is 24.8 Å². The molecule has 0 amide bonds. The minimum atomic E-state index is 0. The number of hydrogen-bond acceptors (Lipinski definition) is 4. The zero-order chi connectivity index (χ0) is 10.1. The molecule has 1 saturated heterocycles. The molecule has 1 fully saturated rings. The number of ether oxygens (including phenoxy) is 2. The number of nitrogens with one attached hydrogen (secondary N) is 2. The van der Waals surface area contributed by atoms with Crippen molar-refractivity contribution in [2.45, 2.75) is 6.04 Å². The Kier molecular flexibility index (Phi) is 5.33. The fourth-order valence-electron chi connectivity index (χ4n) is 2.02. The number of hydrogen-bond donors (Lipinski definition) is 2. The highest BCUT2D eigenvalue weighted by molar-refractivity contribution is 5.85. The summed E-state index contributed by atoms with van der Waals surface area (Å²) in [5, 5.41) is 6.83. The fraction of sp³-hybridized carbons (Fsp3) is 0.455. The van der Waals surface area contributed by atoms with E-state index in [1.165, 1.54) is 5.56 Å². The van der Waals surface area contributed by atoms with Crippen LogP contribution in [0, 0.1) is 0 Å². The molecule has 1 aromatic carbocycles. The normalized spacial score (nSPS) is 21.3. The maximum absolute atomic E-state index is 5.36. The van der Waals surface area contributed by atoms with E-state index in [1.807, 2.05) is 6.07 Å². The van der Waals surface area contributed by atoms with Gasteiger partial charge in [0.1, 0.15) is 0 Å². The first-order valence-electron chi connectivity index (χ1n) is 5.27. The summed E-state index contributed by atoms with van der Waals surface area (Å²) in [7, 11) is 0. The van der Waals surface area contributed by atoms with Crippen molar-refractivity contribution >= 4 is 24.8 Å². The average Bonchev–Trinajstić information content (AvgIpc) is 2.77. The van der Waals surface area contributed by atoms with Crippen molar-refractivity contribution in [2.75, 3.05) is 26.4 Å². The summed E-state index contributed by atoms with van der Waals surface area (Å²) in [6.45, 7) is 3.37. The lowest BCUT2D eigenvalue weighted by Crippen LogP contribution is -2.42. The van der Waals surface area contributed by atoms with E-state index in [4.69, 9.17) is 9.47 Å². The molecule has 17 heavy (non-hydrogen) atoms. The SMILES string of the molecule is Cl.Cl.c1cc2c(cc1C1CNCCN1)OCO2. The molecule has 3 rings (SSSR count). The van der Waals surface area contributed by atoms with Crippen LogP contribution in [0.2, 0.25) is 0 Å². The van der Waals surface area contributed by atoms with E-state index in [-0.39, 0.29) is 24.8 Å². The predicted molar refractivity (Wildman–Crippen MR) is 70.7 cm³/mol. The summed E-state index contributed by atoms with van der Waals surface area (Å²) in [6, 6.07) is 6.52. The number of rotatable bonds is 1. The largest absolute Gasteiger partial charge is 0.454 e. The van der Waals surface area contributed by atoms with Crippen LogP contribution in [-0.2, 0) is 0 Å². The highest BCUT2D eigenvalue weighted by Crippen LogP contribution is 2.34. The number of fused-ring (bicyclic) bond motifs is 1. The van der Waals surface area contributed by atoms with Crippen molar-refractivity contribution < 1.29 is 9.47 Å². The van der Waals surface area contributed by atoms with Crippen LogP contribution in [0.15, 0.2) is 18.2 Å². The summed E-state index contributed by atoms with van der Waals surface area (Å²) in [5.74, 6) is 1.71. The molecule has 1 atom stereocenters. The molecular formula is C11H16Cl2N2O2. The second-order valence-electron chi connectivity index (χ2n) is 3.82. The van der Waals surface area contributed by atoms with Gasteiger partial charge in [-0.05, 0) is 17.7 Å². The van der Waals surface area contributed by atoms with E-state index in [0.29, 0.717) is 12.8 Å². The van der Waals surface area contributed by atoms with Crippen LogP contribution in [0.4, 0.5) is 0 Å². The molecule has 2 aliphatic rings. The van der Waals surface area contributed by atoms with Crippen molar-refractivity contribution in [1.29, 1.82) is 0 Å². The van der Waals surface area contributed by atoms with Crippen molar-refractivity contribution in [2.24, 2.45) is 0 Å². The van der Waals surface area contributed by atoms with Gasteiger partial charge in [-0.25, -0.2) is 0 Å². The first kappa shape index (κ1) is 14.4. The third kappa shape index (κ3) is 2.96. The summed E-state index contributed by atoms with van der Waals surface area (Å²) in [4.78, 5) is 0. The smallest absolute Gasteiger partial charge is 0.231 e. The van der Waals surface area contributed by atoms with Crippen molar-refractivity contribution in [1.82, 2.24) is 10.6 Å². The van der Waals surface area contributed by atoms with Crippen LogP contribution in [0.3, 0.4) is 0 Å². The molecule has 1 unspecified atom stereocenters. The predicted octanol–water partition coefficient (Wildman–Crippen LogP) is 1.49. The lowest BCUT2D eigenvalue weighted by Gasteiger charge is -2.24. The first-order chi connectivity index (χ1) is 7.43. The molecule has 0 aliphatic carbocycles. The minimum absolute atomic E-state index is 0. The second kappa shape index (κ2) is 6.31. The number of benzene rings is 1. The van der Waals surface area contributed by atoms with E-state index >= 15 is 0 Å². The van der Waals surface area contributed by atoms with Gasteiger partial charge in [-0.3, -0.25) is 0 Å². The average molecular weight is 279 g/mol. The van der Waals surface area contributed by atoms with E-state index in [2.05, 4.69) is 22.8 Å². The van der Waals surface area contributed by atoms with E-state index in [9.17, 15) is 0 Å². The summed E-state index contributed by atoms with van der Waals surface area (Å²) in [5.41, 5.74) is 1.26. The number of halogens is 2. The standard InChI is InChI=1S/C11H14N2O2.2ClH/c1-2-10-11(15-7-14-10)5-8(1)9-6-12-3-4-13-9;;/h1-2,5,9,12-13H,3-4,6-7H2;2*1H. The zero-order valence-corrected chi connectivity index (χ0v) is 10.9. The quantitative estimate of drug-likeness (QED) is 0.817. The minimum Gasteiger partial charge on any atom is -0.454 e. The van der Waals surface area contributed by atoms with Crippen LogP contribution in [-0.4, -0.2) is 26.4 Å². The van der Waals surface area contributed by atoms with Gasteiger partial charge >= 0.3 is 0 Å². The molecule has 1 aromatic rings. The Morgan fingerprint density at radius 1 is 1.06 bits per heavy atom. The van der Waals surface area contributed by atoms with Crippen LogP contribution < -0.4 is 20.1 Å². The van der Waals surface area contributed by atoms with E-state index in [0.717, 1.165) is 31.1 Å². The van der Waals surface area contributed by atoms with Gasteiger partial charge in [0, 0.05) is 25.7 Å². The monoisotopic (exact) mass is 278 g/mol. The van der Waals surface area contributed by atoms with Gasteiger partial charge < -0.3 is 20.1 Å². The maximum Gasteiger partial charge on any atom is 0.231 e. The molecule has 0 aromatic heterocycles. The topological polar surface area (TPSA) is 42.5 Å². The molecule has 96 valence electrons. The Hall–Kier alpha value is -0.680. The molecule has 4 nitrogen and oxygen atoms in total. The molecule has 2 aliphatic heterocycles. The Morgan fingerprint density at radius 3 is 2.65 bits per heavy atom.